The molecule has 1 heterocycles. The molecule has 0 aliphatic carbocycles. The van der Waals surface area contributed by atoms with Gasteiger partial charge in [0.1, 0.15) is 6.54 Å². The minimum Gasteiger partial charge on any atom is -0.310 e. The van der Waals surface area contributed by atoms with Crippen LogP contribution in [0.2, 0.25) is 0 Å². The molecule has 0 N–H and O–H groups in total. The topological polar surface area (TPSA) is 57.7 Å². The number of para-hydroxylation sites is 1. The van der Waals surface area contributed by atoms with Gasteiger partial charge in [0, 0.05) is 15.8 Å². The molecule has 0 bridgehead atoms. The van der Waals surface area contributed by atoms with Crippen LogP contribution in [-0.4, -0.2) is 27.4 Å². The Balaban J connectivity index is 1.70. The second-order valence-electron chi connectivity index (χ2n) is 6.73. The van der Waals surface area contributed by atoms with Crippen LogP contribution in [-0.2, 0) is 21.2 Å². The molecule has 1 aliphatic rings. The number of carbonyl (C=O) groups is 1. The number of amides is 1. The van der Waals surface area contributed by atoms with E-state index in [1.165, 1.54) is 4.31 Å². The number of fused-ring (bicyclic) bond motifs is 1. The zero-order valence-corrected chi connectivity index (χ0v) is 18.5. The average molecular weight is 518 g/mol. The molecule has 1 aliphatic heterocycles. The highest BCUT2D eigenvalue weighted by Gasteiger charge is 2.31. The van der Waals surface area contributed by atoms with Gasteiger partial charge < -0.3 is 4.90 Å². The molecule has 0 spiro atoms. The van der Waals surface area contributed by atoms with Gasteiger partial charge in [0.25, 0.3) is 10.0 Å². The molecule has 0 saturated carbocycles. The number of benzene rings is 3. The normalized spacial score (nSPS) is 13.2. The van der Waals surface area contributed by atoms with Gasteiger partial charge >= 0.3 is 0 Å². The van der Waals surface area contributed by atoms with E-state index in [4.69, 9.17) is 0 Å². The Labute approximate surface area is 184 Å². The van der Waals surface area contributed by atoms with Crippen molar-refractivity contribution < 1.29 is 13.2 Å². The summed E-state index contributed by atoms with van der Waals surface area (Å²) in [5.41, 5.74) is 2.43. The number of hydrogen-bond acceptors (Lipinski definition) is 3. The Morgan fingerprint density at radius 3 is 2.31 bits per heavy atom. The van der Waals surface area contributed by atoms with Crippen LogP contribution in [0.3, 0.4) is 0 Å². The van der Waals surface area contributed by atoms with Gasteiger partial charge in [0.15, 0.2) is 0 Å². The molecule has 29 heavy (non-hydrogen) atoms. The number of halogens is 1. The Hall–Kier alpha value is -2.39. The summed E-state index contributed by atoms with van der Waals surface area (Å²) in [5.74, 6) is -0.243. The lowest BCUT2D eigenvalue weighted by Gasteiger charge is -2.27. The molecule has 0 saturated heterocycles. The van der Waals surface area contributed by atoms with Crippen LogP contribution in [0.25, 0.3) is 0 Å². The molecule has 0 radical (unpaired) electrons. The van der Waals surface area contributed by atoms with E-state index in [-0.39, 0.29) is 17.3 Å². The van der Waals surface area contributed by atoms with Crippen molar-refractivity contribution in [2.75, 3.05) is 22.3 Å². The van der Waals surface area contributed by atoms with Crippen LogP contribution in [0.5, 0.6) is 0 Å². The lowest BCUT2D eigenvalue weighted by molar-refractivity contribution is -0.117. The first-order valence-corrected chi connectivity index (χ1v) is 11.7. The molecular weight excluding hydrogens is 499 g/mol. The predicted octanol–water partition coefficient (Wildman–Crippen LogP) is 4.08. The minimum atomic E-state index is -3.89. The Morgan fingerprint density at radius 2 is 1.59 bits per heavy atom. The fourth-order valence-corrected chi connectivity index (χ4v) is 5.24. The first-order valence-electron chi connectivity index (χ1n) is 9.18. The van der Waals surface area contributed by atoms with Gasteiger partial charge in [-0.1, -0.05) is 36.4 Å². The highest BCUT2D eigenvalue weighted by molar-refractivity contribution is 14.1. The molecule has 0 aromatic heterocycles. The van der Waals surface area contributed by atoms with Crippen molar-refractivity contribution in [1.82, 2.24) is 0 Å². The molecule has 148 valence electrons. The van der Waals surface area contributed by atoms with Crippen molar-refractivity contribution in [1.29, 1.82) is 0 Å². The van der Waals surface area contributed by atoms with Gasteiger partial charge in [-0.25, -0.2) is 8.42 Å². The van der Waals surface area contributed by atoms with Crippen LogP contribution < -0.4 is 9.21 Å². The lowest BCUT2D eigenvalue weighted by atomic mass is 10.2. The third-order valence-corrected chi connectivity index (χ3v) is 7.42. The number of sulfonamides is 1. The molecule has 3 aromatic rings. The monoisotopic (exact) mass is 518 g/mol. The maximum Gasteiger partial charge on any atom is 0.264 e. The van der Waals surface area contributed by atoms with Crippen LogP contribution in [0, 0.1) is 3.57 Å². The molecule has 5 nitrogen and oxygen atoms in total. The molecule has 4 rings (SSSR count). The summed E-state index contributed by atoms with van der Waals surface area (Å²) in [4.78, 5) is 15.0. The zero-order chi connectivity index (χ0) is 20.4. The van der Waals surface area contributed by atoms with Crippen molar-refractivity contribution in [2.24, 2.45) is 0 Å². The van der Waals surface area contributed by atoms with Gasteiger partial charge in [-0.05, 0) is 77.0 Å². The van der Waals surface area contributed by atoms with Crippen LogP contribution in [0.4, 0.5) is 11.4 Å². The fourth-order valence-electron chi connectivity index (χ4n) is 3.45. The van der Waals surface area contributed by atoms with E-state index in [0.717, 1.165) is 21.2 Å². The van der Waals surface area contributed by atoms with Crippen molar-refractivity contribution in [3.8, 4) is 0 Å². The Bertz CT molecular complexity index is 1130. The number of hydrogen-bond donors (Lipinski definition) is 0. The fraction of sp³-hybridized carbons (Fsp3) is 0.136. The molecule has 7 heteroatoms. The standard InChI is InChI=1S/C22H19IN2O3S/c23-18-10-12-19(13-11-18)25(29(27,28)20-7-2-1-3-8-20)16-22(26)24-15-14-17-6-4-5-9-21(17)24/h1-13H,14-16H2. The molecule has 1 amide bonds. The summed E-state index contributed by atoms with van der Waals surface area (Å²) in [6.45, 7) is 0.302. The quantitative estimate of drug-likeness (QED) is 0.479. The first kappa shape index (κ1) is 19.9. The summed E-state index contributed by atoms with van der Waals surface area (Å²) in [6.07, 6.45) is 0.775. The number of carbonyl (C=O) groups excluding carboxylic acids is 1. The van der Waals surface area contributed by atoms with Crippen molar-refractivity contribution in [3.63, 3.8) is 0 Å². The van der Waals surface area contributed by atoms with E-state index >= 15 is 0 Å². The smallest absolute Gasteiger partial charge is 0.264 e. The number of anilines is 2. The maximum absolute atomic E-state index is 13.4. The van der Waals surface area contributed by atoms with Gasteiger partial charge in [0.05, 0.1) is 10.6 Å². The second kappa shape index (κ2) is 8.16. The summed E-state index contributed by atoms with van der Waals surface area (Å²) < 4.78 is 28.9. The summed E-state index contributed by atoms with van der Waals surface area (Å²) >= 11 is 2.17. The summed E-state index contributed by atoms with van der Waals surface area (Å²) in [7, 11) is -3.89. The minimum absolute atomic E-state index is 0.160. The first-order chi connectivity index (χ1) is 14.0. The number of nitrogens with zero attached hydrogens (tertiary/aromatic N) is 2. The number of rotatable bonds is 5. The third kappa shape index (κ3) is 4.02. The van der Waals surface area contributed by atoms with Crippen molar-refractivity contribution in [3.05, 3.63) is 88.0 Å². The van der Waals surface area contributed by atoms with E-state index < -0.39 is 10.0 Å². The SMILES string of the molecule is O=C(CN(c1ccc(I)cc1)S(=O)(=O)c1ccccc1)N1CCc2ccccc21. The molecule has 0 unspecified atom stereocenters. The Morgan fingerprint density at radius 1 is 0.931 bits per heavy atom. The van der Waals surface area contributed by atoms with E-state index in [1.54, 1.807) is 47.4 Å². The van der Waals surface area contributed by atoms with Crippen LogP contribution in [0.15, 0.2) is 83.8 Å². The highest BCUT2D eigenvalue weighted by Crippen LogP contribution is 2.29. The third-order valence-electron chi connectivity index (χ3n) is 4.91. The van der Waals surface area contributed by atoms with Gasteiger partial charge in [0.2, 0.25) is 5.91 Å². The molecule has 0 fully saturated rings. The van der Waals surface area contributed by atoms with Crippen molar-refractivity contribution >= 4 is 49.9 Å². The van der Waals surface area contributed by atoms with Crippen LogP contribution in [0.1, 0.15) is 5.56 Å². The molecular formula is C22H19IN2O3S. The highest BCUT2D eigenvalue weighted by atomic mass is 127. The van der Waals surface area contributed by atoms with E-state index in [1.807, 2.05) is 36.4 Å². The largest absolute Gasteiger partial charge is 0.310 e. The van der Waals surface area contributed by atoms with Crippen molar-refractivity contribution in [2.45, 2.75) is 11.3 Å². The Kier molecular flexibility index (Phi) is 5.60. The predicted molar refractivity (Wildman–Crippen MR) is 123 cm³/mol. The summed E-state index contributed by atoms with van der Waals surface area (Å²) in [6, 6.07) is 23.1. The zero-order valence-electron chi connectivity index (χ0n) is 15.5. The maximum atomic E-state index is 13.4. The lowest BCUT2D eigenvalue weighted by Crippen LogP contribution is -2.42. The van der Waals surface area contributed by atoms with Crippen LogP contribution >= 0.6 is 22.6 Å². The molecule has 3 aromatic carbocycles. The van der Waals surface area contributed by atoms with Gasteiger partial charge in [-0.15, -0.1) is 0 Å². The van der Waals surface area contributed by atoms with E-state index in [2.05, 4.69) is 22.6 Å². The van der Waals surface area contributed by atoms with E-state index in [9.17, 15) is 13.2 Å². The van der Waals surface area contributed by atoms with Gasteiger partial charge in [-0.2, -0.15) is 0 Å². The second-order valence-corrected chi connectivity index (χ2v) is 9.83. The summed E-state index contributed by atoms with van der Waals surface area (Å²) in [5, 5.41) is 0. The average Bonchev–Trinajstić information content (AvgIpc) is 3.17. The van der Waals surface area contributed by atoms with E-state index in [0.29, 0.717) is 12.2 Å². The van der Waals surface area contributed by atoms with Gasteiger partial charge in [-0.3, -0.25) is 9.10 Å². The molecule has 0 atom stereocenters.